The van der Waals surface area contributed by atoms with E-state index in [0.29, 0.717) is 54.3 Å². The molecule has 4 N–H and O–H groups in total. The highest BCUT2D eigenvalue weighted by atomic mass is 16.6. The molecule has 0 unspecified atom stereocenters. The van der Waals surface area contributed by atoms with Crippen LogP contribution in [-0.2, 0) is 72.3 Å². The molecular formula is C69H81N7O9. The first kappa shape index (κ1) is 61.2. The fourth-order valence-corrected chi connectivity index (χ4v) is 11.2. The van der Waals surface area contributed by atoms with Gasteiger partial charge in [-0.15, -0.1) is 0 Å². The number of aromatic nitrogens is 3. The van der Waals surface area contributed by atoms with E-state index in [1.807, 2.05) is 88.0 Å². The molecule has 2 aromatic heterocycles. The Labute approximate surface area is 498 Å². The molecule has 1 fully saturated rings. The Morgan fingerprint density at radius 2 is 1.40 bits per heavy atom. The fourth-order valence-electron chi connectivity index (χ4n) is 11.2. The van der Waals surface area contributed by atoms with Gasteiger partial charge in [0.05, 0.1) is 41.5 Å². The highest BCUT2D eigenvalue weighted by Crippen LogP contribution is 2.45. The van der Waals surface area contributed by atoms with Crippen LogP contribution in [0.2, 0.25) is 0 Å². The number of nitrogens with one attached hydrogen (secondary N) is 2. The van der Waals surface area contributed by atoms with Crippen molar-refractivity contribution in [2.75, 3.05) is 19.7 Å². The van der Waals surface area contributed by atoms with Gasteiger partial charge in [-0.1, -0.05) is 155 Å². The predicted molar refractivity (Wildman–Crippen MR) is 328 cm³/mol. The van der Waals surface area contributed by atoms with Gasteiger partial charge in [0.25, 0.3) is 0 Å². The summed E-state index contributed by atoms with van der Waals surface area (Å²) in [4.78, 5) is 92.1. The number of Topliss-reactive ketones (excluding diaryl/α,β-unsaturated/α-hetero) is 1. The summed E-state index contributed by atoms with van der Waals surface area (Å²) >= 11 is 0. The van der Waals surface area contributed by atoms with E-state index in [0.717, 1.165) is 81.3 Å². The number of para-hydroxylation sites is 1. The molecule has 4 amide bonds. The van der Waals surface area contributed by atoms with Gasteiger partial charge in [-0.05, 0) is 109 Å². The van der Waals surface area contributed by atoms with Crippen LogP contribution in [0.4, 0.5) is 9.59 Å². The second-order valence-corrected chi connectivity index (χ2v) is 24.2. The van der Waals surface area contributed by atoms with E-state index in [2.05, 4.69) is 70.7 Å². The lowest BCUT2D eigenvalue weighted by atomic mass is 9.90. The zero-order valence-electron chi connectivity index (χ0n) is 50.0. The molecule has 2 heterocycles. The molecule has 0 radical (unpaired) electrons. The molecule has 2 aliphatic carbocycles. The molecule has 0 spiro atoms. The number of unbranched alkanes of at least 4 members (excludes halogenated alkanes) is 1. The lowest BCUT2D eigenvalue weighted by molar-refractivity contribution is -0.148. The Bertz CT molecular complexity index is 3460. The quantitative estimate of drug-likeness (QED) is 0.0238. The van der Waals surface area contributed by atoms with Crippen molar-refractivity contribution in [1.82, 2.24) is 30.1 Å². The smallest absolute Gasteiger partial charge is 0.410 e. The number of primary amides is 1. The number of urea groups is 1. The topological polar surface area (TPSA) is 214 Å². The van der Waals surface area contributed by atoms with Crippen molar-refractivity contribution in [2.24, 2.45) is 23.5 Å². The minimum Gasteiger partial charge on any atom is -0.465 e. The van der Waals surface area contributed by atoms with E-state index < -0.39 is 41.4 Å². The van der Waals surface area contributed by atoms with Crippen molar-refractivity contribution in [3.05, 3.63) is 166 Å². The fraction of sp³-hybridized carbons (Fsp3) is 0.420. The Morgan fingerprint density at radius 1 is 0.753 bits per heavy atom. The summed E-state index contributed by atoms with van der Waals surface area (Å²) in [5.41, 5.74) is 15.5. The van der Waals surface area contributed by atoms with Crippen molar-refractivity contribution >= 4 is 57.7 Å². The number of amides is 4. The summed E-state index contributed by atoms with van der Waals surface area (Å²) in [5.74, 6) is -1.22. The molecule has 16 nitrogen and oxygen atoms in total. The van der Waals surface area contributed by atoms with Crippen LogP contribution in [0.5, 0.6) is 0 Å². The molecule has 0 bridgehead atoms. The number of pyridine rings is 1. The second-order valence-electron chi connectivity index (χ2n) is 24.2. The van der Waals surface area contributed by atoms with E-state index in [9.17, 15) is 28.8 Å². The highest BCUT2D eigenvalue weighted by molar-refractivity contribution is 6.04. The Balaban J connectivity index is 0.830. The van der Waals surface area contributed by atoms with Crippen LogP contribution in [0.3, 0.4) is 0 Å². The van der Waals surface area contributed by atoms with Gasteiger partial charge in [0.2, 0.25) is 5.91 Å². The monoisotopic (exact) mass is 1150 g/mol. The zero-order valence-corrected chi connectivity index (χ0v) is 50.0. The van der Waals surface area contributed by atoms with Gasteiger partial charge in [-0.2, -0.15) is 0 Å². The Morgan fingerprint density at radius 3 is 2.06 bits per heavy atom. The van der Waals surface area contributed by atoms with Crippen LogP contribution in [0, 0.1) is 17.8 Å². The first-order valence-corrected chi connectivity index (χ1v) is 30.2. The summed E-state index contributed by atoms with van der Waals surface area (Å²) in [6.45, 7) is 13.5. The maximum Gasteiger partial charge on any atom is 0.410 e. The number of hydrogen-bond donors (Lipinski definition) is 3. The number of fused-ring (bicyclic) bond motifs is 6. The molecule has 5 aromatic carbocycles. The van der Waals surface area contributed by atoms with E-state index in [4.69, 9.17) is 29.9 Å². The van der Waals surface area contributed by atoms with Gasteiger partial charge in [0, 0.05) is 50.3 Å². The van der Waals surface area contributed by atoms with Gasteiger partial charge in [0.1, 0.15) is 30.2 Å². The molecule has 16 heteroatoms. The van der Waals surface area contributed by atoms with E-state index in [1.165, 1.54) is 12.8 Å². The molecule has 9 rings (SSSR count). The first-order chi connectivity index (χ1) is 40.9. The zero-order chi connectivity index (χ0) is 60.2. The Kier molecular flexibility index (Phi) is 20.1. The molecule has 446 valence electrons. The molecule has 85 heavy (non-hydrogen) atoms. The maximum atomic E-state index is 14.1. The largest absolute Gasteiger partial charge is 0.465 e. The van der Waals surface area contributed by atoms with Crippen LogP contribution >= 0.6 is 0 Å². The molecule has 0 aliphatic heterocycles. The molecular weight excluding hydrogens is 1070 g/mol. The molecule has 0 saturated heterocycles. The lowest BCUT2D eigenvalue weighted by Gasteiger charge is -2.27. The number of nitrogens with two attached hydrogens (primary N) is 1. The summed E-state index contributed by atoms with van der Waals surface area (Å²) in [6.07, 6.45) is 6.06. The number of hydrogen-bond acceptors (Lipinski definition) is 11. The minimum atomic E-state index is -0.918. The predicted octanol–water partition coefficient (Wildman–Crippen LogP) is 11.9. The molecule has 2 atom stereocenters. The SMILES string of the molecule is CCCCc1nc2c(CC(=O)OCc3ccc(CC(=O)[C@@H](CCCNC(N)=O)NC(=O)[C@H](CC(=O)OCC4c5ccccc5-c5ccccc54)C(C)C)cc3)nc3ccccc3c2n1Cc1ccc(CN(CCC2CC2)C(=O)OC(C)(C)C)cc1. The molecule has 2 aliphatic rings. The minimum absolute atomic E-state index is 0.0102. The average molecular weight is 1150 g/mol. The van der Waals surface area contributed by atoms with E-state index >= 15 is 0 Å². The number of imidazole rings is 1. The number of carbonyl (C=O) groups is 6. The summed E-state index contributed by atoms with van der Waals surface area (Å²) < 4.78 is 19.8. The van der Waals surface area contributed by atoms with Crippen LogP contribution in [-0.4, -0.2) is 86.5 Å². The van der Waals surface area contributed by atoms with Crippen LogP contribution in [0.1, 0.15) is 144 Å². The third-order valence-electron chi connectivity index (χ3n) is 16.1. The number of aryl methyl sites for hydroxylation is 1. The lowest BCUT2D eigenvalue weighted by Crippen LogP contribution is -2.46. The van der Waals surface area contributed by atoms with Crippen molar-refractivity contribution in [1.29, 1.82) is 0 Å². The van der Waals surface area contributed by atoms with Crippen LogP contribution in [0.15, 0.2) is 121 Å². The number of rotatable bonds is 28. The number of ether oxygens (including phenoxy) is 3. The first-order valence-electron chi connectivity index (χ1n) is 30.2. The van der Waals surface area contributed by atoms with Gasteiger partial charge >= 0.3 is 24.1 Å². The molecule has 1 saturated carbocycles. The second kappa shape index (κ2) is 28.0. The van der Waals surface area contributed by atoms with Gasteiger partial charge in [-0.3, -0.25) is 19.2 Å². The van der Waals surface area contributed by atoms with E-state index in [1.54, 1.807) is 24.3 Å². The van der Waals surface area contributed by atoms with Crippen molar-refractivity contribution in [3.63, 3.8) is 0 Å². The highest BCUT2D eigenvalue weighted by Gasteiger charge is 2.33. The summed E-state index contributed by atoms with van der Waals surface area (Å²) in [7, 11) is 0. The average Bonchev–Trinajstić information content (AvgIpc) is 1.92. The number of benzene rings is 5. The van der Waals surface area contributed by atoms with Crippen LogP contribution in [0.25, 0.3) is 33.1 Å². The standard InChI is InChI=1S/C69H81N7O9/c1-7-8-23-61-74-64-59(72-57-21-14-13-20-54(57)65(64)76(61)41-48-30-28-47(29-31-48)40-75(36-34-45-24-25-45)68(82)85-69(4,5)6)39-63(79)83-42-49-32-26-46(27-33-49)37-60(77)58(22-15-35-71-67(70)81)73-66(80)55(44(2)3)38-62(78)84-43-56-52-18-11-9-16-50(52)51-17-10-12-19-53(51)56/h9-14,16-21,26-33,44-45,55-56,58H,7-8,15,22-25,34-43H2,1-6H3,(H,73,80)(H3,70,71,81)/t55-,58-/m1/s1. The third kappa shape index (κ3) is 16.3. The van der Waals surface area contributed by atoms with Crippen molar-refractivity contribution in [3.8, 4) is 11.1 Å². The van der Waals surface area contributed by atoms with Gasteiger partial charge in [0.15, 0.2) is 5.78 Å². The molecule has 7 aromatic rings. The van der Waals surface area contributed by atoms with E-state index in [-0.39, 0.29) is 69.2 Å². The van der Waals surface area contributed by atoms with Crippen molar-refractivity contribution in [2.45, 2.75) is 149 Å². The Hall–Kier alpha value is -8.40. The number of nitrogens with zero attached hydrogens (tertiary/aromatic N) is 4. The summed E-state index contributed by atoms with van der Waals surface area (Å²) in [6, 6.07) is 38.1. The van der Waals surface area contributed by atoms with Crippen molar-refractivity contribution < 1.29 is 43.0 Å². The van der Waals surface area contributed by atoms with Gasteiger partial charge < -0.3 is 40.0 Å². The summed E-state index contributed by atoms with van der Waals surface area (Å²) in [5, 5.41) is 6.43. The number of esters is 2. The normalized spacial score (nSPS) is 13.7. The maximum absolute atomic E-state index is 14.1. The number of carbonyl (C=O) groups excluding carboxylic acids is 6. The third-order valence-corrected chi connectivity index (χ3v) is 16.1. The van der Waals surface area contributed by atoms with Gasteiger partial charge in [-0.25, -0.2) is 19.6 Å². The van der Waals surface area contributed by atoms with Crippen LogP contribution < -0.4 is 16.4 Å². The number of ketones is 1.